The van der Waals surface area contributed by atoms with Gasteiger partial charge in [0.2, 0.25) is 0 Å². The van der Waals surface area contributed by atoms with Gasteiger partial charge >= 0.3 is 129 Å². The minimum atomic E-state index is -0.713. The fraction of sp³-hybridized carbons (Fsp3) is 0.133. The van der Waals surface area contributed by atoms with Crippen LogP contribution >= 0.6 is 12.4 Å². The van der Waals surface area contributed by atoms with Crippen LogP contribution in [0.15, 0.2) is 48.5 Å². The minimum Gasteiger partial charge on any atom is -0.147 e. The van der Waals surface area contributed by atoms with Crippen LogP contribution in [0.25, 0.3) is 11.1 Å². The van der Waals surface area contributed by atoms with Gasteiger partial charge in [0.1, 0.15) is 0 Å². The Balaban J connectivity index is 0.00000220. The zero-order valence-electron chi connectivity index (χ0n) is 11.4. The van der Waals surface area contributed by atoms with E-state index in [1.165, 1.54) is 0 Å². The number of carbonyl (C=O) groups is 1. The van der Waals surface area contributed by atoms with Gasteiger partial charge in [0.15, 0.2) is 0 Å². The summed E-state index contributed by atoms with van der Waals surface area (Å²) in [6.45, 7) is 2.00. The van der Waals surface area contributed by atoms with E-state index in [9.17, 15) is 4.79 Å². The Labute approximate surface area is 141 Å². The Morgan fingerprint density at radius 1 is 1.00 bits per heavy atom. The van der Waals surface area contributed by atoms with Crippen molar-refractivity contribution in [3.05, 3.63) is 48.5 Å². The number of ether oxygens (including phenoxy) is 2. The fourth-order valence-electron chi connectivity index (χ4n) is 1.79. The standard InChI is InChI=1S/C15H14O4.ClH.Ti/c1-2-18-15(17)19-14-10-6-4-8-12(14)11-7-3-5-9-13(11)16;;/h3-10,16H,2H2,1H3;1H;/q;;+1/p-1. The fourth-order valence-corrected chi connectivity index (χ4v) is 2.07. The monoisotopic (exact) mass is 341 g/mol. The quantitative estimate of drug-likeness (QED) is 0.476. The molecule has 0 aliphatic carbocycles. The van der Waals surface area contributed by atoms with Gasteiger partial charge in [0, 0.05) is 0 Å². The van der Waals surface area contributed by atoms with Gasteiger partial charge in [-0.05, 0) is 0 Å². The maximum atomic E-state index is 11.5. The van der Waals surface area contributed by atoms with Crippen molar-refractivity contribution in [3.8, 4) is 22.6 Å². The molecule has 0 fully saturated rings. The van der Waals surface area contributed by atoms with E-state index in [-0.39, 0.29) is 19.0 Å². The molecule has 0 amide bonds. The van der Waals surface area contributed by atoms with E-state index in [1.54, 1.807) is 39.9 Å². The molecular formula is C15H14ClO4Ti. The molecule has 2 aromatic carbocycles. The van der Waals surface area contributed by atoms with E-state index in [4.69, 9.17) is 12.8 Å². The third-order valence-electron chi connectivity index (χ3n) is 2.63. The average molecular weight is 342 g/mol. The van der Waals surface area contributed by atoms with E-state index in [0.29, 0.717) is 11.5 Å². The van der Waals surface area contributed by atoms with Gasteiger partial charge in [-0.15, -0.1) is 12.4 Å². The zero-order chi connectivity index (χ0) is 14.4. The first-order chi connectivity index (χ1) is 9.76. The second-order valence-electron chi connectivity index (χ2n) is 3.88. The maximum Gasteiger partial charge on any atom is -0.147 e. The van der Waals surface area contributed by atoms with Crippen molar-refractivity contribution in [2.75, 3.05) is 6.61 Å². The molecule has 2 rings (SSSR count). The summed E-state index contributed by atoms with van der Waals surface area (Å²) in [5, 5.41) is 0. The Morgan fingerprint density at radius 3 is 2.10 bits per heavy atom. The predicted octanol–water partition coefficient (Wildman–Crippen LogP) is 4.15. The summed E-state index contributed by atoms with van der Waals surface area (Å²) in [4.78, 5) is 11.5. The molecule has 2 aromatic rings. The molecule has 6 heteroatoms. The van der Waals surface area contributed by atoms with Crippen LogP contribution in [-0.2, 0) is 25.6 Å². The number of hydrogen-bond acceptors (Lipinski definition) is 4. The third kappa shape index (κ3) is 4.50. The van der Waals surface area contributed by atoms with E-state index >= 15 is 0 Å². The molecule has 0 saturated heterocycles. The molecular weight excluding hydrogens is 327 g/mol. The molecule has 0 aromatic heterocycles. The molecule has 0 saturated carbocycles. The summed E-state index contributed by atoms with van der Waals surface area (Å²) < 4.78 is 15.4. The Kier molecular flexibility index (Phi) is 7.30. The van der Waals surface area contributed by atoms with Crippen LogP contribution in [0.1, 0.15) is 6.92 Å². The predicted molar refractivity (Wildman–Crippen MR) is 77.4 cm³/mol. The van der Waals surface area contributed by atoms with Crippen LogP contribution in [0, 0.1) is 0 Å². The second-order valence-corrected chi connectivity index (χ2v) is 4.20. The number of rotatable bonds is 4. The Morgan fingerprint density at radius 2 is 1.52 bits per heavy atom. The number of halogens is 1. The van der Waals surface area contributed by atoms with E-state index < -0.39 is 6.16 Å². The van der Waals surface area contributed by atoms with Crippen molar-refractivity contribution in [3.63, 3.8) is 0 Å². The van der Waals surface area contributed by atoms with Crippen molar-refractivity contribution in [1.29, 1.82) is 0 Å². The summed E-state index contributed by atoms with van der Waals surface area (Å²) in [6, 6.07) is 14.8. The van der Waals surface area contributed by atoms with Gasteiger partial charge in [-0.3, -0.25) is 0 Å². The molecule has 0 N–H and O–H groups in total. The summed E-state index contributed by atoms with van der Waals surface area (Å²) in [7, 11) is 0. The van der Waals surface area contributed by atoms with E-state index in [0.717, 1.165) is 11.1 Å². The first-order valence-electron chi connectivity index (χ1n) is 6.13. The van der Waals surface area contributed by atoms with Gasteiger partial charge < -0.3 is 0 Å². The number of benzene rings is 2. The maximum absolute atomic E-state index is 11.5. The van der Waals surface area contributed by atoms with Crippen LogP contribution in [0.3, 0.4) is 0 Å². The molecule has 0 radical (unpaired) electrons. The smallest absolute Gasteiger partial charge is 0.147 e. The molecule has 0 bridgehead atoms. The van der Waals surface area contributed by atoms with Crippen LogP contribution in [-0.4, -0.2) is 12.8 Å². The second kappa shape index (κ2) is 8.72. The molecule has 0 spiro atoms. The van der Waals surface area contributed by atoms with Crippen LogP contribution < -0.4 is 8.06 Å². The van der Waals surface area contributed by atoms with Crippen molar-refractivity contribution in [2.45, 2.75) is 6.92 Å². The normalized spacial score (nSPS) is 9.33. The molecule has 21 heavy (non-hydrogen) atoms. The molecule has 109 valence electrons. The van der Waals surface area contributed by atoms with E-state index in [1.807, 2.05) is 36.4 Å². The van der Waals surface area contributed by atoms with Gasteiger partial charge in [0.05, 0.1) is 0 Å². The van der Waals surface area contributed by atoms with Crippen LogP contribution in [0.2, 0.25) is 0 Å². The minimum absolute atomic E-state index is 0. The average Bonchev–Trinajstić information content (AvgIpc) is 2.48. The zero-order valence-corrected chi connectivity index (χ0v) is 13.7. The molecule has 0 aliphatic heterocycles. The number of hydrogen-bond donors (Lipinski definition) is 0. The van der Waals surface area contributed by atoms with Gasteiger partial charge in [0.25, 0.3) is 0 Å². The van der Waals surface area contributed by atoms with Crippen molar-refractivity contribution < 1.29 is 38.4 Å². The first-order valence-corrected chi connectivity index (χ1v) is 6.76. The molecule has 0 aliphatic rings. The van der Waals surface area contributed by atoms with Gasteiger partial charge in [-0.25, -0.2) is 0 Å². The largest absolute Gasteiger partial charge is 0.147 e. The summed E-state index contributed by atoms with van der Waals surface area (Å²) >= 11 is 1.60. The van der Waals surface area contributed by atoms with Crippen LogP contribution in [0.5, 0.6) is 11.5 Å². The Bertz CT molecular complexity index is 604. The topological polar surface area (TPSA) is 44.8 Å². The van der Waals surface area contributed by atoms with Crippen molar-refractivity contribution >= 4 is 18.6 Å². The third-order valence-corrected chi connectivity index (χ3v) is 2.97. The Hall–Kier alpha value is -1.49. The number of carbonyl (C=O) groups excluding carboxylic acids is 1. The van der Waals surface area contributed by atoms with E-state index in [2.05, 4.69) is 0 Å². The van der Waals surface area contributed by atoms with Crippen LogP contribution in [0.4, 0.5) is 4.79 Å². The summed E-state index contributed by atoms with van der Waals surface area (Å²) in [5.41, 5.74) is 1.63. The van der Waals surface area contributed by atoms with Crippen molar-refractivity contribution in [1.82, 2.24) is 0 Å². The van der Waals surface area contributed by atoms with Gasteiger partial charge in [-0.2, -0.15) is 0 Å². The summed E-state index contributed by atoms with van der Waals surface area (Å²) in [6.07, 6.45) is -0.713. The first kappa shape index (κ1) is 17.6. The van der Waals surface area contributed by atoms with Gasteiger partial charge in [-0.1, -0.05) is 0 Å². The van der Waals surface area contributed by atoms with Crippen molar-refractivity contribution in [2.24, 2.45) is 0 Å². The molecule has 0 atom stereocenters. The molecule has 4 nitrogen and oxygen atoms in total. The summed E-state index contributed by atoms with van der Waals surface area (Å²) in [5.74, 6) is 1.16. The number of para-hydroxylation sites is 2. The molecule has 0 heterocycles. The SMILES string of the molecule is CCOC(=O)Oc1ccccc1-c1ccccc1[O][Ti].Cl. The molecule has 0 unspecified atom stereocenters.